The van der Waals surface area contributed by atoms with Gasteiger partial charge >= 0.3 is 0 Å². The van der Waals surface area contributed by atoms with Crippen molar-refractivity contribution >= 4 is 30.0 Å². The average molecular weight is 529 g/mol. The highest BCUT2D eigenvalue weighted by molar-refractivity contribution is 7.83. The summed E-state index contributed by atoms with van der Waals surface area (Å²) in [5.74, 6) is 0. The summed E-state index contributed by atoms with van der Waals surface area (Å²) in [6.45, 7) is 4.17. The van der Waals surface area contributed by atoms with E-state index in [9.17, 15) is 0 Å². The van der Waals surface area contributed by atoms with Gasteiger partial charge in [-0.05, 0) is 84.6 Å². The molecule has 3 aliphatic heterocycles. The lowest BCUT2D eigenvalue weighted by atomic mass is 11.0. The average Bonchev–Trinajstić information content (AvgIpc) is 3.53. The second-order valence-electron chi connectivity index (χ2n) is 9.50. The molecule has 0 unspecified atom stereocenters. The maximum absolute atomic E-state index is 5.82. The van der Waals surface area contributed by atoms with E-state index in [1.54, 1.807) is 0 Å². The van der Waals surface area contributed by atoms with Gasteiger partial charge in [0.15, 0.2) is 0 Å². The lowest BCUT2D eigenvalue weighted by Crippen LogP contribution is -2.27. The first-order valence-corrected chi connectivity index (χ1v) is 17.2. The van der Waals surface area contributed by atoms with E-state index in [1.807, 2.05) is 0 Å². The van der Waals surface area contributed by atoms with Gasteiger partial charge in [0.05, 0.1) is 0 Å². The summed E-state index contributed by atoms with van der Waals surface area (Å²) in [5.41, 5.74) is 0. The first-order valence-electron chi connectivity index (χ1n) is 10.8. The second kappa shape index (κ2) is 9.24. The van der Waals surface area contributed by atoms with Crippen molar-refractivity contribution in [1.29, 1.82) is 0 Å². The van der Waals surface area contributed by atoms with E-state index in [-0.39, 0.29) is 0 Å². The molecule has 0 aromatic heterocycles. The molecule has 3 aliphatic rings. The molecule has 2 fully saturated rings. The van der Waals surface area contributed by atoms with Gasteiger partial charge in [-0.25, -0.2) is 37.4 Å². The lowest BCUT2D eigenvalue weighted by molar-refractivity contribution is 0.538. The molecule has 0 bridgehead atoms. The van der Waals surface area contributed by atoms with Crippen LogP contribution in [0.3, 0.4) is 0 Å². The molecule has 0 spiro atoms. The fourth-order valence-electron chi connectivity index (χ4n) is 3.78. The Labute approximate surface area is 196 Å². The van der Waals surface area contributed by atoms with Crippen LogP contribution in [0.5, 0.6) is 0 Å². The van der Waals surface area contributed by atoms with Gasteiger partial charge in [-0.15, -0.1) is 0 Å². The quantitative estimate of drug-likeness (QED) is 0.348. The molecule has 0 atom stereocenters. The number of rotatable bonds is 8. The highest BCUT2D eigenvalue weighted by Crippen LogP contribution is 2.83. The van der Waals surface area contributed by atoms with Crippen LogP contribution in [0.1, 0.15) is 0 Å². The van der Waals surface area contributed by atoms with E-state index in [4.69, 9.17) is 18.1 Å². The Balaban J connectivity index is 2.63. The molecule has 0 aromatic carbocycles. The number of nitrogens with zero attached hydrogens (tertiary/aromatic N) is 12. The molecule has 12 nitrogen and oxygen atoms in total. The standard InChI is InChI=1S/C16H44N12P4/c1-21(2)29(22(3)4)17-30(23(5)6,24(7)8)19-32(27-13-14-27,28-15-16-28)20-31(18-29,25(9)10)26(11)12/h13-16H2,1-12H3. The van der Waals surface area contributed by atoms with Crippen molar-refractivity contribution in [3.63, 3.8) is 0 Å². The summed E-state index contributed by atoms with van der Waals surface area (Å²) in [4.78, 5) is 0. The third-order valence-electron chi connectivity index (χ3n) is 5.79. The minimum atomic E-state index is -2.50. The highest BCUT2D eigenvalue weighted by atomic mass is 31.3. The minimum Gasteiger partial charge on any atom is -0.246 e. The van der Waals surface area contributed by atoms with Gasteiger partial charge in [0.2, 0.25) is 30.0 Å². The van der Waals surface area contributed by atoms with Gasteiger partial charge in [-0.2, -0.15) is 18.1 Å². The molecule has 0 saturated carbocycles. The summed E-state index contributed by atoms with van der Waals surface area (Å²) < 4.78 is 41.5. The Morgan fingerprint density at radius 1 is 0.406 bits per heavy atom. The van der Waals surface area contributed by atoms with Crippen molar-refractivity contribution < 1.29 is 0 Å². The summed E-state index contributed by atoms with van der Waals surface area (Å²) >= 11 is 0. The summed E-state index contributed by atoms with van der Waals surface area (Å²) in [5, 5.41) is 0. The van der Waals surface area contributed by atoms with Crippen LogP contribution in [0.15, 0.2) is 18.1 Å². The van der Waals surface area contributed by atoms with E-state index >= 15 is 0 Å². The number of hydrogen-bond acceptors (Lipinski definition) is 12. The third kappa shape index (κ3) is 4.34. The molecule has 0 aromatic rings. The Hall–Kier alpha value is 0.600. The fraction of sp³-hybridized carbons (Fsp3) is 1.00. The van der Waals surface area contributed by atoms with Crippen molar-refractivity contribution in [2.75, 3.05) is 111 Å². The van der Waals surface area contributed by atoms with Gasteiger partial charge in [-0.3, -0.25) is 0 Å². The summed E-state index contributed by atoms with van der Waals surface area (Å²) in [6, 6.07) is 0. The highest BCUT2D eigenvalue weighted by Gasteiger charge is 2.52. The molecule has 0 amide bonds. The van der Waals surface area contributed by atoms with Crippen LogP contribution in [0.25, 0.3) is 0 Å². The zero-order chi connectivity index (χ0) is 24.3. The van der Waals surface area contributed by atoms with Crippen LogP contribution in [-0.4, -0.2) is 148 Å². The van der Waals surface area contributed by atoms with Crippen LogP contribution in [0.4, 0.5) is 0 Å². The molecule has 3 heterocycles. The number of hydrogen-bond donors (Lipinski definition) is 0. The van der Waals surface area contributed by atoms with Gasteiger partial charge < -0.3 is 0 Å². The van der Waals surface area contributed by atoms with Crippen LogP contribution >= 0.6 is 30.0 Å². The van der Waals surface area contributed by atoms with Crippen molar-refractivity contribution in [3.05, 3.63) is 0 Å². The fourth-order valence-corrected chi connectivity index (χ4v) is 24.0. The minimum absolute atomic E-state index is 1.04. The van der Waals surface area contributed by atoms with E-state index in [0.29, 0.717) is 0 Å². The van der Waals surface area contributed by atoms with Gasteiger partial charge in [0.25, 0.3) is 0 Å². The Morgan fingerprint density at radius 2 is 0.656 bits per heavy atom. The van der Waals surface area contributed by atoms with Crippen LogP contribution < -0.4 is 0 Å². The topological polar surface area (TPSA) is 74.9 Å². The van der Waals surface area contributed by atoms with E-state index in [1.165, 1.54) is 0 Å². The Bertz CT molecular complexity index is 744. The van der Waals surface area contributed by atoms with E-state index in [0.717, 1.165) is 26.2 Å². The first-order chi connectivity index (χ1) is 14.7. The van der Waals surface area contributed by atoms with E-state index < -0.39 is 30.0 Å². The molecule has 2 saturated heterocycles. The Kier molecular flexibility index (Phi) is 7.85. The molecular formula is C16H44N12P4. The maximum atomic E-state index is 5.82. The summed E-state index contributed by atoms with van der Waals surface area (Å²) in [7, 11) is 15.6. The van der Waals surface area contributed by atoms with Crippen molar-refractivity contribution in [2.45, 2.75) is 0 Å². The molecule has 188 valence electrons. The molecule has 32 heavy (non-hydrogen) atoms. The smallest absolute Gasteiger partial charge is 0.221 e. The maximum Gasteiger partial charge on any atom is 0.221 e. The third-order valence-corrected chi connectivity index (χ3v) is 22.2. The van der Waals surface area contributed by atoms with Gasteiger partial charge in [0, 0.05) is 26.2 Å². The van der Waals surface area contributed by atoms with Crippen molar-refractivity contribution in [1.82, 2.24) is 37.4 Å². The van der Waals surface area contributed by atoms with Crippen molar-refractivity contribution in [2.24, 2.45) is 18.1 Å². The van der Waals surface area contributed by atoms with Crippen LogP contribution in [-0.2, 0) is 0 Å². The zero-order valence-corrected chi connectivity index (χ0v) is 25.6. The molecule has 0 radical (unpaired) electrons. The van der Waals surface area contributed by atoms with E-state index in [2.05, 4.69) is 122 Å². The van der Waals surface area contributed by atoms with Crippen molar-refractivity contribution in [3.8, 4) is 0 Å². The lowest BCUT2D eigenvalue weighted by Gasteiger charge is -2.45. The molecule has 3 rings (SSSR count). The second-order valence-corrected chi connectivity index (χ2v) is 22.6. The zero-order valence-electron chi connectivity index (χ0n) is 22.0. The molecule has 0 aliphatic carbocycles. The SMILES string of the molecule is CN(C)P1(N(C)C)=NP(N(C)C)(N(C)C)=NP(N2CC2)(N2CC2)=NP(N(C)C)(N(C)C)=N1. The summed E-state index contributed by atoms with van der Waals surface area (Å²) in [6.07, 6.45) is 0. The van der Waals surface area contributed by atoms with Crippen LogP contribution in [0, 0.1) is 0 Å². The molecule has 0 N–H and O–H groups in total. The largest absolute Gasteiger partial charge is 0.246 e. The normalized spacial score (nSPS) is 26.6. The molecule has 16 heteroatoms. The first kappa shape index (κ1) is 27.2. The molecular weight excluding hydrogens is 484 g/mol. The predicted octanol–water partition coefficient (Wildman–Crippen LogP) is 3.79. The van der Waals surface area contributed by atoms with Gasteiger partial charge in [-0.1, -0.05) is 0 Å². The Morgan fingerprint density at radius 3 is 0.906 bits per heavy atom. The van der Waals surface area contributed by atoms with Crippen LogP contribution in [0.2, 0.25) is 0 Å². The predicted molar refractivity (Wildman–Crippen MR) is 143 cm³/mol. The monoisotopic (exact) mass is 528 g/mol. The van der Waals surface area contributed by atoms with Gasteiger partial charge in [0.1, 0.15) is 0 Å².